The molecule has 1 fully saturated rings. The molecule has 1 aliphatic heterocycles. The quantitative estimate of drug-likeness (QED) is 0.420. The summed E-state index contributed by atoms with van der Waals surface area (Å²) in [5.41, 5.74) is 0.352. The van der Waals surface area contributed by atoms with Gasteiger partial charge in [-0.3, -0.25) is 4.79 Å². The third-order valence-electron chi connectivity index (χ3n) is 1.54. The molecular weight excluding hydrogens is 240 g/mol. The van der Waals surface area contributed by atoms with Crippen LogP contribution in [0.1, 0.15) is 6.42 Å². The van der Waals surface area contributed by atoms with Crippen LogP contribution in [0, 0.1) is 0 Å². The predicted molar refractivity (Wildman–Crippen MR) is 48.4 cm³/mol. The Kier molecular flexibility index (Phi) is 3.48. The van der Waals surface area contributed by atoms with Gasteiger partial charge in [0.25, 0.3) is 0 Å². The molecule has 5 heteroatoms. The van der Waals surface area contributed by atoms with E-state index in [1.165, 1.54) is 0 Å². The highest BCUT2D eigenvalue weighted by Crippen LogP contribution is 2.13. The molecule has 0 aliphatic carbocycles. The zero-order valence-corrected chi connectivity index (χ0v) is 8.50. The Labute approximate surface area is 84.0 Å². The lowest BCUT2D eigenvalue weighted by molar-refractivity contribution is -0.177. The van der Waals surface area contributed by atoms with Crippen molar-refractivity contribution < 1.29 is 19.1 Å². The van der Waals surface area contributed by atoms with Crippen LogP contribution in [0.4, 0.5) is 0 Å². The summed E-state index contributed by atoms with van der Waals surface area (Å²) in [6, 6.07) is 0. The van der Waals surface area contributed by atoms with E-state index in [1.54, 1.807) is 0 Å². The summed E-state index contributed by atoms with van der Waals surface area (Å²) in [5, 5.41) is 0.385. The van der Waals surface area contributed by atoms with E-state index >= 15 is 0 Å². The molecular formula is C8H9BrO4. The minimum absolute atomic E-state index is 0.122. The number of hydrogen-bond acceptors (Lipinski definition) is 4. The van der Waals surface area contributed by atoms with Crippen molar-refractivity contribution in [3.05, 3.63) is 12.2 Å². The van der Waals surface area contributed by atoms with Gasteiger partial charge in [0.1, 0.15) is 12.7 Å². The smallest absolute Gasteiger partial charge is 0.334 e. The predicted octanol–water partition coefficient (Wildman–Crippen LogP) is 0.796. The molecule has 0 aromatic heterocycles. The molecule has 0 aromatic rings. The first-order chi connectivity index (χ1) is 6.13. The standard InChI is InChI=1S/C8H9BrO4/c1-5(3-9)8(11)12-4-6-2-7(10)13-6/h6H,1-4H2. The number of esters is 2. The number of cyclic esters (lactones) is 1. The van der Waals surface area contributed by atoms with Gasteiger partial charge in [-0.15, -0.1) is 0 Å². The van der Waals surface area contributed by atoms with Crippen LogP contribution in [0.15, 0.2) is 12.2 Å². The van der Waals surface area contributed by atoms with Gasteiger partial charge in [0, 0.05) is 10.9 Å². The Morgan fingerprint density at radius 1 is 1.77 bits per heavy atom. The number of alkyl halides is 1. The van der Waals surface area contributed by atoms with E-state index in [2.05, 4.69) is 27.2 Å². The second-order valence-corrected chi connectivity index (χ2v) is 3.21. The number of ether oxygens (including phenoxy) is 2. The van der Waals surface area contributed by atoms with Gasteiger partial charge in [0.15, 0.2) is 0 Å². The molecule has 13 heavy (non-hydrogen) atoms. The van der Waals surface area contributed by atoms with Gasteiger partial charge in [-0.2, -0.15) is 0 Å². The average molecular weight is 249 g/mol. The molecule has 1 unspecified atom stereocenters. The van der Waals surface area contributed by atoms with Crippen molar-refractivity contribution in [2.75, 3.05) is 11.9 Å². The molecule has 0 aromatic carbocycles. The maximum Gasteiger partial charge on any atom is 0.334 e. The van der Waals surface area contributed by atoms with Crippen molar-refractivity contribution in [2.24, 2.45) is 0 Å². The van der Waals surface area contributed by atoms with E-state index in [1.807, 2.05) is 0 Å². The summed E-state index contributed by atoms with van der Waals surface area (Å²) in [5.74, 6) is -0.708. The van der Waals surface area contributed by atoms with Gasteiger partial charge >= 0.3 is 11.9 Å². The highest BCUT2D eigenvalue weighted by atomic mass is 79.9. The van der Waals surface area contributed by atoms with Crippen LogP contribution in [-0.4, -0.2) is 30.0 Å². The molecule has 0 spiro atoms. The molecule has 1 heterocycles. The van der Waals surface area contributed by atoms with Gasteiger partial charge in [-0.05, 0) is 0 Å². The summed E-state index contributed by atoms with van der Waals surface area (Å²) in [7, 11) is 0. The normalized spacial score (nSPS) is 20.1. The fraction of sp³-hybridized carbons (Fsp3) is 0.500. The molecule has 1 rings (SSSR count). The van der Waals surface area contributed by atoms with Crippen molar-refractivity contribution >= 4 is 27.9 Å². The zero-order chi connectivity index (χ0) is 9.84. The highest BCUT2D eigenvalue weighted by Gasteiger charge is 2.29. The van der Waals surface area contributed by atoms with Gasteiger partial charge < -0.3 is 9.47 Å². The van der Waals surface area contributed by atoms with Crippen molar-refractivity contribution in [3.63, 3.8) is 0 Å². The second kappa shape index (κ2) is 4.41. The first kappa shape index (κ1) is 10.2. The minimum atomic E-state index is -0.458. The van der Waals surface area contributed by atoms with E-state index in [-0.39, 0.29) is 18.7 Å². The molecule has 72 valence electrons. The molecule has 1 atom stereocenters. The molecule has 0 radical (unpaired) electrons. The summed E-state index contributed by atoms with van der Waals surface area (Å²) in [6.07, 6.45) is 0.0632. The van der Waals surface area contributed by atoms with Gasteiger partial charge in [0.2, 0.25) is 0 Å². The lowest BCUT2D eigenvalue weighted by atomic mass is 10.2. The Hall–Kier alpha value is -0.840. The van der Waals surface area contributed by atoms with Crippen LogP contribution in [0.3, 0.4) is 0 Å². The van der Waals surface area contributed by atoms with Crippen LogP contribution in [0.5, 0.6) is 0 Å². The molecule has 0 bridgehead atoms. The third-order valence-corrected chi connectivity index (χ3v) is 2.22. The lowest BCUT2D eigenvalue weighted by Crippen LogP contribution is -2.37. The third kappa shape index (κ3) is 2.84. The van der Waals surface area contributed by atoms with Gasteiger partial charge in [-0.1, -0.05) is 22.5 Å². The van der Waals surface area contributed by atoms with Crippen LogP contribution >= 0.6 is 15.9 Å². The minimum Gasteiger partial charge on any atom is -0.458 e. The number of halogens is 1. The fourth-order valence-electron chi connectivity index (χ4n) is 0.780. The maximum absolute atomic E-state index is 11.0. The van der Waals surface area contributed by atoms with Crippen molar-refractivity contribution in [1.82, 2.24) is 0 Å². The summed E-state index contributed by atoms with van der Waals surface area (Å²) in [4.78, 5) is 21.4. The van der Waals surface area contributed by atoms with Gasteiger partial charge in [0.05, 0.1) is 6.42 Å². The Morgan fingerprint density at radius 2 is 2.38 bits per heavy atom. The lowest BCUT2D eigenvalue weighted by Gasteiger charge is -2.24. The van der Waals surface area contributed by atoms with E-state index in [0.29, 0.717) is 17.3 Å². The van der Waals surface area contributed by atoms with E-state index in [4.69, 9.17) is 4.74 Å². The number of carbonyl (C=O) groups excluding carboxylic acids is 2. The van der Waals surface area contributed by atoms with Crippen molar-refractivity contribution in [2.45, 2.75) is 12.5 Å². The maximum atomic E-state index is 11.0. The molecule has 0 N–H and O–H groups in total. The fourth-order valence-corrected chi connectivity index (χ4v) is 1.01. The summed E-state index contributed by atoms with van der Waals surface area (Å²) < 4.78 is 9.45. The zero-order valence-electron chi connectivity index (χ0n) is 6.92. The monoisotopic (exact) mass is 248 g/mol. The van der Waals surface area contributed by atoms with Crippen LogP contribution < -0.4 is 0 Å². The van der Waals surface area contributed by atoms with Crippen molar-refractivity contribution in [3.8, 4) is 0 Å². The average Bonchev–Trinajstić information content (AvgIpc) is 2.08. The molecule has 1 saturated heterocycles. The number of hydrogen-bond donors (Lipinski definition) is 0. The molecule has 0 amide bonds. The molecule has 1 aliphatic rings. The Morgan fingerprint density at radius 3 is 2.85 bits per heavy atom. The number of carbonyl (C=O) groups is 2. The first-order valence-electron chi connectivity index (χ1n) is 3.74. The van der Waals surface area contributed by atoms with Crippen molar-refractivity contribution in [1.29, 1.82) is 0 Å². The molecule has 4 nitrogen and oxygen atoms in total. The van der Waals surface area contributed by atoms with Crippen LogP contribution in [0.25, 0.3) is 0 Å². The first-order valence-corrected chi connectivity index (χ1v) is 4.86. The largest absolute Gasteiger partial charge is 0.458 e. The van der Waals surface area contributed by atoms with E-state index in [0.717, 1.165) is 0 Å². The number of rotatable bonds is 4. The van der Waals surface area contributed by atoms with Crippen LogP contribution in [0.2, 0.25) is 0 Å². The van der Waals surface area contributed by atoms with Gasteiger partial charge in [-0.25, -0.2) is 4.79 Å². The second-order valence-electron chi connectivity index (χ2n) is 2.65. The topological polar surface area (TPSA) is 52.6 Å². The van der Waals surface area contributed by atoms with Crippen LogP contribution in [-0.2, 0) is 19.1 Å². The SMILES string of the molecule is C=C(CBr)C(=O)OCC1CC(=O)O1. The Bertz CT molecular complexity index is 241. The summed E-state index contributed by atoms with van der Waals surface area (Å²) >= 11 is 3.08. The highest BCUT2D eigenvalue weighted by molar-refractivity contribution is 9.09. The van der Waals surface area contributed by atoms with E-state index in [9.17, 15) is 9.59 Å². The molecule has 0 saturated carbocycles. The summed E-state index contributed by atoms with van der Waals surface area (Å²) in [6.45, 7) is 3.60. The van der Waals surface area contributed by atoms with E-state index < -0.39 is 5.97 Å². The Balaban J connectivity index is 2.15.